The van der Waals surface area contributed by atoms with Gasteiger partial charge in [0.15, 0.2) is 0 Å². The summed E-state index contributed by atoms with van der Waals surface area (Å²) in [5, 5.41) is 7.52. The summed E-state index contributed by atoms with van der Waals surface area (Å²) >= 11 is 5.99. The van der Waals surface area contributed by atoms with Crippen LogP contribution in [0, 0.1) is 0 Å². The summed E-state index contributed by atoms with van der Waals surface area (Å²) in [5.41, 5.74) is 1.44. The number of amides is 2. The second-order valence-corrected chi connectivity index (χ2v) is 6.92. The van der Waals surface area contributed by atoms with E-state index in [1.165, 1.54) is 0 Å². The quantitative estimate of drug-likeness (QED) is 0.684. The zero-order valence-corrected chi connectivity index (χ0v) is 16.0. The molecule has 28 heavy (non-hydrogen) atoms. The lowest BCUT2D eigenvalue weighted by Gasteiger charge is -2.22. The standard InChI is InChI=1S/C20H19ClN4O3/c1-27-16-8-2-5-13(11-16)18-23-19(28-24-18)17-9-4-10-25(17)20(26)22-15-7-3-6-14(21)12-15/h2-3,5-8,11-12,17H,4,9-10H2,1H3,(H,22,26)/t17-/m1/s1. The Morgan fingerprint density at radius 3 is 2.96 bits per heavy atom. The fraction of sp³-hybridized carbons (Fsp3) is 0.250. The van der Waals surface area contributed by atoms with Gasteiger partial charge in [0.05, 0.1) is 7.11 Å². The van der Waals surface area contributed by atoms with Gasteiger partial charge in [0.1, 0.15) is 11.8 Å². The highest BCUT2D eigenvalue weighted by molar-refractivity contribution is 6.30. The molecular formula is C20H19ClN4O3. The molecule has 3 aromatic rings. The van der Waals surface area contributed by atoms with Crippen molar-refractivity contribution in [2.75, 3.05) is 19.0 Å². The van der Waals surface area contributed by atoms with Crippen LogP contribution in [0.25, 0.3) is 11.4 Å². The third-order valence-corrected chi connectivity index (χ3v) is 4.88. The lowest BCUT2D eigenvalue weighted by Crippen LogP contribution is -2.34. The van der Waals surface area contributed by atoms with Crippen molar-refractivity contribution in [3.05, 3.63) is 59.4 Å². The molecule has 1 saturated heterocycles. The van der Waals surface area contributed by atoms with Crippen molar-refractivity contribution in [1.29, 1.82) is 0 Å². The van der Waals surface area contributed by atoms with Gasteiger partial charge in [-0.1, -0.05) is 35.0 Å². The molecule has 2 heterocycles. The number of rotatable bonds is 4. The van der Waals surface area contributed by atoms with E-state index in [0.29, 0.717) is 34.7 Å². The molecule has 7 nitrogen and oxygen atoms in total. The number of ether oxygens (including phenoxy) is 1. The second kappa shape index (κ2) is 7.90. The van der Waals surface area contributed by atoms with E-state index in [2.05, 4.69) is 15.5 Å². The van der Waals surface area contributed by atoms with Gasteiger partial charge < -0.3 is 19.5 Å². The zero-order valence-electron chi connectivity index (χ0n) is 15.3. The molecule has 4 rings (SSSR count). The Morgan fingerprint density at radius 1 is 1.29 bits per heavy atom. The van der Waals surface area contributed by atoms with Crippen molar-refractivity contribution in [3.63, 3.8) is 0 Å². The Morgan fingerprint density at radius 2 is 2.14 bits per heavy atom. The van der Waals surface area contributed by atoms with E-state index >= 15 is 0 Å². The highest BCUT2D eigenvalue weighted by atomic mass is 35.5. The molecule has 0 radical (unpaired) electrons. The predicted molar refractivity (Wildman–Crippen MR) is 105 cm³/mol. The highest BCUT2D eigenvalue weighted by Crippen LogP contribution is 2.33. The minimum absolute atomic E-state index is 0.217. The molecule has 144 valence electrons. The Kier molecular flexibility index (Phi) is 5.16. The number of likely N-dealkylation sites (tertiary alicyclic amines) is 1. The first kappa shape index (κ1) is 18.3. The third-order valence-electron chi connectivity index (χ3n) is 4.64. The number of aromatic nitrogens is 2. The predicted octanol–water partition coefficient (Wildman–Crippen LogP) is 4.77. The van der Waals surface area contributed by atoms with E-state index in [9.17, 15) is 4.79 Å². The molecule has 1 aliphatic heterocycles. The van der Waals surface area contributed by atoms with Gasteiger partial charge in [-0.25, -0.2) is 4.79 Å². The monoisotopic (exact) mass is 398 g/mol. The summed E-state index contributed by atoms with van der Waals surface area (Å²) in [7, 11) is 1.61. The Balaban J connectivity index is 1.52. The number of anilines is 1. The average molecular weight is 399 g/mol. The van der Waals surface area contributed by atoms with Crippen molar-refractivity contribution in [2.24, 2.45) is 0 Å². The van der Waals surface area contributed by atoms with Crippen LogP contribution in [0.3, 0.4) is 0 Å². The molecule has 1 aliphatic rings. The molecule has 0 saturated carbocycles. The molecule has 0 aliphatic carbocycles. The van der Waals surface area contributed by atoms with Crippen LogP contribution in [-0.2, 0) is 0 Å². The number of methoxy groups -OCH3 is 1. The molecule has 2 aromatic carbocycles. The summed E-state index contributed by atoms with van der Waals surface area (Å²) in [6, 6.07) is 14.0. The second-order valence-electron chi connectivity index (χ2n) is 6.48. The topological polar surface area (TPSA) is 80.5 Å². The number of carbonyl (C=O) groups excluding carboxylic acids is 1. The molecule has 2 amide bonds. The van der Waals surface area contributed by atoms with E-state index in [-0.39, 0.29) is 12.1 Å². The van der Waals surface area contributed by atoms with Crippen molar-refractivity contribution >= 4 is 23.3 Å². The van der Waals surface area contributed by atoms with Crippen molar-refractivity contribution in [3.8, 4) is 17.1 Å². The van der Waals surface area contributed by atoms with E-state index in [0.717, 1.165) is 18.4 Å². The number of nitrogens with zero attached hydrogens (tertiary/aromatic N) is 3. The van der Waals surface area contributed by atoms with Gasteiger partial charge in [-0.05, 0) is 43.2 Å². The van der Waals surface area contributed by atoms with Gasteiger partial charge in [-0.3, -0.25) is 0 Å². The van der Waals surface area contributed by atoms with E-state index in [1.54, 1.807) is 36.3 Å². The van der Waals surface area contributed by atoms with Crippen LogP contribution in [0.5, 0.6) is 5.75 Å². The maximum absolute atomic E-state index is 12.7. The molecule has 1 N–H and O–H groups in total. The summed E-state index contributed by atoms with van der Waals surface area (Å²) in [6.07, 6.45) is 1.63. The van der Waals surface area contributed by atoms with Gasteiger partial charge in [-0.15, -0.1) is 0 Å². The van der Waals surface area contributed by atoms with Gasteiger partial charge in [0, 0.05) is 22.8 Å². The number of urea groups is 1. The van der Waals surface area contributed by atoms with Gasteiger partial charge in [0.2, 0.25) is 11.7 Å². The summed E-state index contributed by atoms with van der Waals surface area (Å²) in [4.78, 5) is 19.0. The Hall–Kier alpha value is -3.06. The highest BCUT2D eigenvalue weighted by Gasteiger charge is 2.34. The van der Waals surface area contributed by atoms with Crippen LogP contribution in [-0.4, -0.2) is 34.7 Å². The number of benzene rings is 2. The maximum atomic E-state index is 12.7. The molecular weight excluding hydrogens is 380 g/mol. The van der Waals surface area contributed by atoms with Crippen LogP contribution in [0.15, 0.2) is 53.1 Å². The SMILES string of the molecule is COc1cccc(-c2noc([C@H]3CCCN3C(=O)Nc3cccc(Cl)c3)n2)c1. The lowest BCUT2D eigenvalue weighted by molar-refractivity contribution is 0.193. The molecule has 1 aromatic heterocycles. The van der Waals surface area contributed by atoms with Gasteiger partial charge in [-0.2, -0.15) is 4.98 Å². The van der Waals surface area contributed by atoms with Crippen molar-refractivity contribution < 1.29 is 14.1 Å². The van der Waals surface area contributed by atoms with Gasteiger partial charge >= 0.3 is 6.03 Å². The largest absolute Gasteiger partial charge is 0.497 e. The van der Waals surface area contributed by atoms with Crippen molar-refractivity contribution in [1.82, 2.24) is 15.0 Å². The molecule has 0 spiro atoms. The van der Waals surface area contributed by atoms with Crippen LogP contribution in [0.4, 0.5) is 10.5 Å². The summed E-state index contributed by atoms with van der Waals surface area (Å²) in [5.74, 6) is 1.61. The average Bonchev–Trinajstić information content (AvgIpc) is 3.37. The minimum atomic E-state index is -0.258. The fourth-order valence-corrected chi connectivity index (χ4v) is 3.47. The molecule has 1 atom stereocenters. The first-order chi connectivity index (χ1) is 13.6. The number of carbonyl (C=O) groups is 1. The summed E-state index contributed by atoms with van der Waals surface area (Å²) < 4.78 is 10.7. The van der Waals surface area contributed by atoms with Crippen LogP contribution in [0.1, 0.15) is 24.8 Å². The molecule has 1 fully saturated rings. The van der Waals surface area contributed by atoms with E-state index in [4.69, 9.17) is 20.9 Å². The first-order valence-corrected chi connectivity index (χ1v) is 9.33. The van der Waals surface area contributed by atoms with Crippen LogP contribution >= 0.6 is 11.6 Å². The Bertz CT molecular complexity index is 991. The van der Waals surface area contributed by atoms with Crippen LogP contribution < -0.4 is 10.1 Å². The smallest absolute Gasteiger partial charge is 0.322 e. The number of nitrogens with one attached hydrogen (secondary N) is 1. The summed E-state index contributed by atoms with van der Waals surface area (Å²) in [6.45, 7) is 0.619. The van der Waals surface area contributed by atoms with Crippen LogP contribution in [0.2, 0.25) is 5.02 Å². The van der Waals surface area contributed by atoms with E-state index in [1.807, 2.05) is 24.3 Å². The zero-order chi connectivity index (χ0) is 19.5. The lowest BCUT2D eigenvalue weighted by atomic mass is 10.2. The number of hydrogen-bond acceptors (Lipinski definition) is 5. The van der Waals surface area contributed by atoms with E-state index < -0.39 is 0 Å². The molecule has 0 bridgehead atoms. The molecule has 8 heteroatoms. The maximum Gasteiger partial charge on any atom is 0.322 e. The first-order valence-electron chi connectivity index (χ1n) is 8.95. The third kappa shape index (κ3) is 3.80. The number of halogens is 1. The number of hydrogen-bond donors (Lipinski definition) is 1. The minimum Gasteiger partial charge on any atom is -0.497 e. The van der Waals surface area contributed by atoms with Gasteiger partial charge in [0.25, 0.3) is 0 Å². The fourth-order valence-electron chi connectivity index (χ4n) is 3.28. The Labute approximate surface area is 167 Å². The van der Waals surface area contributed by atoms with Crippen molar-refractivity contribution in [2.45, 2.75) is 18.9 Å². The normalized spacial score (nSPS) is 16.2. The molecule has 0 unspecified atom stereocenters.